The maximum absolute atomic E-state index is 6.20. The molecule has 4 nitrogen and oxygen atoms in total. The van der Waals surface area contributed by atoms with E-state index in [0.29, 0.717) is 0 Å². The number of rotatable bonds is 5. The summed E-state index contributed by atoms with van der Waals surface area (Å²) in [5, 5.41) is 8.27. The number of benzene rings is 2. The van der Waals surface area contributed by atoms with Crippen LogP contribution in [0.15, 0.2) is 59.6 Å². The average Bonchev–Trinajstić information content (AvgIpc) is 3.04. The lowest BCUT2D eigenvalue weighted by atomic mass is 10.2. The number of nitrogens with zero attached hydrogens (tertiary/aromatic N) is 3. The molecule has 1 N–H and O–H groups in total. The molecule has 1 heterocycles. The zero-order valence-corrected chi connectivity index (χ0v) is 14.0. The van der Waals surface area contributed by atoms with E-state index in [0.717, 1.165) is 33.8 Å². The predicted molar refractivity (Wildman–Crippen MR) is 91.1 cm³/mol. The minimum absolute atomic E-state index is 0.733. The van der Waals surface area contributed by atoms with Crippen molar-refractivity contribution in [3.8, 4) is 5.69 Å². The molecule has 0 atom stereocenters. The lowest BCUT2D eigenvalue weighted by Gasteiger charge is -2.08. The minimum atomic E-state index is 0.733. The summed E-state index contributed by atoms with van der Waals surface area (Å²) >= 11 is 9.61. The van der Waals surface area contributed by atoms with Crippen LogP contribution in [0.2, 0.25) is 5.02 Å². The summed E-state index contributed by atoms with van der Waals surface area (Å²) in [7, 11) is 0. The molecule has 0 amide bonds. The van der Waals surface area contributed by atoms with Crippen molar-refractivity contribution < 1.29 is 0 Å². The predicted octanol–water partition coefficient (Wildman–Crippen LogP) is 3.97. The molecular formula is C16H14BrClN4. The first-order chi connectivity index (χ1) is 10.7. The van der Waals surface area contributed by atoms with E-state index in [2.05, 4.69) is 43.5 Å². The Morgan fingerprint density at radius 2 is 1.91 bits per heavy atom. The van der Waals surface area contributed by atoms with Gasteiger partial charge < -0.3 is 5.32 Å². The van der Waals surface area contributed by atoms with Crippen molar-refractivity contribution >= 4 is 27.5 Å². The van der Waals surface area contributed by atoms with Gasteiger partial charge in [-0.2, -0.15) is 5.10 Å². The van der Waals surface area contributed by atoms with Gasteiger partial charge in [0.1, 0.15) is 12.7 Å². The molecule has 1 aromatic heterocycles. The van der Waals surface area contributed by atoms with Gasteiger partial charge in [0.2, 0.25) is 0 Å². The van der Waals surface area contributed by atoms with Crippen LogP contribution in [0.1, 0.15) is 11.1 Å². The van der Waals surface area contributed by atoms with Crippen LogP contribution in [-0.4, -0.2) is 14.8 Å². The molecule has 2 aromatic carbocycles. The molecule has 6 heteroatoms. The van der Waals surface area contributed by atoms with Gasteiger partial charge in [0.15, 0.2) is 0 Å². The van der Waals surface area contributed by atoms with E-state index in [-0.39, 0.29) is 0 Å². The fourth-order valence-corrected chi connectivity index (χ4v) is 2.85. The van der Waals surface area contributed by atoms with E-state index < -0.39 is 0 Å². The summed E-state index contributed by atoms with van der Waals surface area (Å²) in [6.07, 6.45) is 3.21. The molecule has 3 aromatic rings. The summed E-state index contributed by atoms with van der Waals surface area (Å²) in [6.45, 7) is 1.51. The third-order valence-corrected chi connectivity index (χ3v) is 4.12. The van der Waals surface area contributed by atoms with Crippen molar-refractivity contribution in [3.63, 3.8) is 0 Å². The summed E-state index contributed by atoms with van der Waals surface area (Å²) in [4.78, 5) is 3.94. The maximum Gasteiger partial charge on any atom is 0.138 e. The first kappa shape index (κ1) is 15.2. The highest BCUT2D eigenvalue weighted by molar-refractivity contribution is 9.10. The molecule has 3 rings (SSSR count). The molecule has 0 saturated carbocycles. The van der Waals surface area contributed by atoms with Crippen molar-refractivity contribution in [2.24, 2.45) is 0 Å². The third kappa shape index (κ3) is 3.74. The molecule has 0 radical (unpaired) electrons. The summed E-state index contributed by atoms with van der Waals surface area (Å²) in [5.41, 5.74) is 3.29. The second-order valence-corrected chi connectivity index (χ2v) is 6.17. The van der Waals surface area contributed by atoms with Gasteiger partial charge in [-0.05, 0) is 35.4 Å². The fourth-order valence-electron chi connectivity index (χ4n) is 2.11. The fraction of sp³-hybridized carbons (Fsp3) is 0.125. The highest BCUT2D eigenvalue weighted by Gasteiger charge is 2.01. The van der Waals surface area contributed by atoms with E-state index in [4.69, 9.17) is 11.6 Å². The quantitative estimate of drug-likeness (QED) is 0.731. The van der Waals surface area contributed by atoms with Gasteiger partial charge in [-0.15, -0.1) is 0 Å². The van der Waals surface area contributed by atoms with Gasteiger partial charge >= 0.3 is 0 Å². The number of hydrogen-bond acceptors (Lipinski definition) is 3. The average molecular weight is 378 g/mol. The van der Waals surface area contributed by atoms with Crippen LogP contribution in [0, 0.1) is 0 Å². The Hall–Kier alpha value is -1.69. The first-order valence-electron chi connectivity index (χ1n) is 6.81. The maximum atomic E-state index is 6.20. The number of halogens is 2. The van der Waals surface area contributed by atoms with Crippen molar-refractivity contribution in [1.29, 1.82) is 0 Å². The van der Waals surface area contributed by atoms with Crippen LogP contribution in [0.3, 0.4) is 0 Å². The van der Waals surface area contributed by atoms with Gasteiger partial charge in [0.25, 0.3) is 0 Å². The lowest BCUT2D eigenvalue weighted by molar-refractivity contribution is 0.693. The molecule has 0 unspecified atom stereocenters. The van der Waals surface area contributed by atoms with Crippen LogP contribution < -0.4 is 5.32 Å². The highest BCUT2D eigenvalue weighted by atomic mass is 79.9. The van der Waals surface area contributed by atoms with Gasteiger partial charge in [-0.1, -0.05) is 45.7 Å². The van der Waals surface area contributed by atoms with Gasteiger partial charge in [0.05, 0.1) is 5.69 Å². The number of hydrogen-bond donors (Lipinski definition) is 1. The molecule has 0 aliphatic carbocycles. The zero-order chi connectivity index (χ0) is 15.4. The van der Waals surface area contributed by atoms with E-state index in [9.17, 15) is 0 Å². The van der Waals surface area contributed by atoms with Crippen LogP contribution >= 0.6 is 27.5 Å². The Kier molecular flexibility index (Phi) is 4.87. The topological polar surface area (TPSA) is 42.7 Å². The van der Waals surface area contributed by atoms with Gasteiger partial charge in [0, 0.05) is 22.6 Å². The molecule has 0 spiro atoms. The van der Waals surface area contributed by atoms with Crippen LogP contribution in [0.25, 0.3) is 5.69 Å². The Balaban J connectivity index is 1.57. The molecule has 22 heavy (non-hydrogen) atoms. The van der Waals surface area contributed by atoms with Crippen LogP contribution in [-0.2, 0) is 13.1 Å². The number of aromatic nitrogens is 3. The van der Waals surface area contributed by atoms with Gasteiger partial charge in [-0.25, -0.2) is 9.67 Å². The second kappa shape index (κ2) is 7.05. The lowest BCUT2D eigenvalue weighted by Crippen LogP contribution is -2.13. The first-order valence-corrected chi connectivity index (χ1v) is 7.98. The van der Waals surface area contributed by atoms with Crippen molar-refractivity contribution in [3.05, 3.63) is 75.7 Å². The highest BCUT2D eigenvalue weighted by Crippen LogP contribution is 2.21. The minimum Gasteiger partial charge on any atom is -0.309 e. The molecule has 112 valence electrons. The van der Waals surface area contributed by atoms with E-state index in [1.54, 1.807) is 11.0 Å². The van der Waals surface area contributed by atoms with E-state index >= 15 is 0 Å². The molecule has 0 aliphatic heterocycles. The van der Waals surface area contributed by atoms with Crippen molar-refractivity contribution in [2.45, 2.75) is 13.1 Å². The van der Waals surface area contributed by atoms with Crippen LogP contribution in [0.5, 0.6) is 0 Å². The van der Waals surface area contributed by atoms with E-state index in [1.807, 2.05) is 30.3 Å². The Bertz CT molecular complexity index is 741. The standard InChI is InChI=1S/C16H14BrClN4/c17-14-4-3-13(16(18)7-14)9-19-8-12-1-5-15(6-2-12)22-11-20-10-21-22/h1-7,10-11,19H,8-9H2. The summed E-state index contributed by atoms with van der Waals surface area (Å²) in [5.74, 6) is 0. The molecule has 0 fully saturated rings. The van der Waals surface area contributed by atoms with Crippen molar-refractivity contribution in [1.82, 2.24) is 20.1 Å². The SMILES string of the molecule is Clc1cc(Br)ccc1CNCc1ccc(-n2cncn2)cc1. The van der Waals surface area contributed by atoms with E-state index in [1.165, 1.54) is 11.9 Å². The molecule has 0 aliphatic rings. The summed E-state index contributed by atoms with van der Waals surface area (Å²) in [6, 6.07) is 14.1. The van der Waals surface area contributed by atoms with Gasteiger partial charge in [-0.3, -0.25) is 0 Å². The molecular weight excluding hydrogens is 364 g/mol. The Morgan fingerprint density at radius 1 is 1.09 bits per heavy atom. The largest absolute Gasteiger partial charge is 0.309 e. The Labute approximate surface area is 142 Å². The normalized spacial score (nSPS) is 10.8. The molecule has 0 saturated heterocycles. The van der Waals surface area contributed by atoms with Crippen molar-refractivity contribution in [2.75, 3.05) is 0 Å². The number of nitrogens with one attached hydrogen (secondary N) is 1. The smallest absolute Gasteiger partial charge is 0.138 e. The third-order valence-electron chi connectivity index (χ3n) is 3.28. The zero-order valence-electron chi connectivity index (χ0n) is 11.7. The second-order valence-electron chi connectivity index (χ2n) is 4.85. The monoisotopic (exact) mass is 376 g/mol. The van der Waals surface area contributed by atoms with Crippen LogP contribution in [0.4, 0.5) is 0 Å². The molecule has 0 bridgehead atoms. The Morgan fingerprint density at radius 3 is 2.59 bits per heavy atom. The summed E-state index contributed by atoms with van der Waals surface area (Å²) < 4.78 is 2.73.